The van der Waals surface area contributed by atoms with Gasteiger partial charge >= 0.3 is 0 Å². The van der Waals surface area contributed by atoms with Crippen molar-refractivity contribution in [2.75, 3.05) is 0 Å². The van der Waals surface area contributed by atoms with E-state index < -0.39 is 10.1 Å². The highest BCUT2D eigenvalue weighted by atomic mass is 32.2. The van der Waals surface area contributed by atoms with Gasteiger partial charge in [-0.1, -0.05) is 43.9 Å². The first-order valence-corrected chi connectivity index (χ1v) is 6.56. The smallest absolute Gasteiger partial charge is 0.294 e. The van der Waals surface area contributed by atoms with E-state index in [9.17, 15) is 8.42 Å². The number of carboxylic acid groups (broad SMARTS) is 1. The minimum atomic E-state index is -4.00. The highest BCUT2D eigenvalue weighted by molar-refractivity contribution is 7.85. The Labute approximate surface area is 101 Å². The molecule has 1 aliphatic carbocycles. The van der Waals surface area contributed by atoms with Crippen LogP contribution in [-0.2, 0) is 14.9 Å². The Kier molecular flexibility index (Phi) is 8.00. The standard InChI is InChI=1S/C6H6O3S.C4H8.CH2O2/c7-10(8,9)6-4-2-1-3-5-6;1-2-4-3-1;2-1-3/h1-5H,(H,7,8,9);1-4H2;1H,(H,2,3). The molecule has 0 aromatic heterocycles. The first kappa shape index (κ1) is 15.6. The monoisotopic (exact) mass is 260 g/mol. The summed E-state index contributed by atoms with van der Waals surface area (Å²) in [5, 5.41) is 6.89. The molecule has 1 saturated carbocycles. The maximum absolute atomic E-state index is 10.4. The van der Waals surface area contributed by atoms with Crippen molar-refractivity contribution in [3.63, 3.8) is 0 Å². The van der Waals surface area contributed by atoms with Crippen LogP contribution in [0.15, 0.2) is 35.2 Å². The van der Waals surface area contributed by atoms with Crippen molar-refractivity contribution in [3.8, 4) is 0 Å². The van der Waals surface area contributed by atoms with E-state index in [4.69, 9.17) is 14.5 Å². The minimum absolute atomic E-state index is 0.0741. The summed E-state index contributed by atoms with van der Waals surface area (Å²) in [5.74, 6) is 0. The number of hydrogen-bond donors (Lipinski definition) is 2. The van der Waals surface area contributed by atoms with Gasteiger partial charge < -0.3 is 5.11 Å². The summed E-state index contributed by atoms with van der Waals surface area (Å²) in [6.07, 6.45) is 6.00. The van der Waals surface area contributed by atoms with Crippen molar-refractivity contribution in [2.24, 2.45) is 0 Å². The van der Waals surface area contributed by atoms with Crippen molar-refractivity contribution in [1.29, 1.82) is 0 Å². The van der Waals surface area contributed by atoms with Gasteiger partial charge in [0.1, 0.15) is 0 Å². The molecule has 1 aromatic carbocycles. The summed E-state index contributed by atoms with van der Waals surface area (Å²) in [6.45, 7) is -0.250. The van der Waals surface area contributed by atoms with Crippen molar-refractivity contribution in [3.05, 3.63) is 30.3 Å². The van der Waals surface area contributed by atoms with E-state index in [-0.39, 0.29) is 11.4 Å². The zero-order valence-corrected chi connectivity index (χ0v) is 10.1. The highest BCUT2D eigenvalue weighted by Gasteiger charge is 2.05. The van der Waals surface area contributed by atoms with Gasteiger partial charge in [-0.05, 0) is 12.1 Å². The lowest BCUT2D eigenvalue weighted by molar-refractivity contribution is -0.122. The van der Waals surface area contributed by atoms with Crippen LogP contribution in [0, 0.1) is 0 Å². The van der Waals surface area contributed by atoms with Gasteiger partial charge in [0.15, 0.2) is 0 Å². The van der Waals surface area contributed by atoms with Crippen LogP contribution in [0.1, 0.15) is 25.7 Å². The summed E-state index contributed by atoms with van der Waals surface area (Å²) >= 11 is 0. The molecule has 17 heavy (non-hydrogen) atoms. The van der Waals surface area contributed by atoms with Crippen LogP contribution in [0.25, 0.3) is 0 Å². The number of rotatable bonds is 1. The maximum Gasteiger partial charge on any atom is 0.294 e. The zero-order chi connectivity index (χ0) is 13.1. The average molecular weight is 260 g/mol. The van der Waals surface area contributed by atoms with Crippen LogP contribution >= 0.6 is 0 Å². The van der Waals surface area contributed by atoms with Crippen LogP contribution in [0.4, 0.5) is 0 Å². The summed E-state index contributed by atoms with van der Waals surface area (Å²) in [5.41, 5.74) is 0. The Morgan fingerprint density at radius 2 is 1.35 bits per heavy atom. The molecule has 96 valence electrons. The molecule has 6 heteroatoms. The van der Waals surface area contributed by atoms with E-state index in [1.165, 1.54) is 37.8 Å². The molecule has 0 heterocycles. The van der Waals surface area contributed by atoms with E-state index >= 15 is 0 Å². The predicted octanol–water partition coefficient (Wildman–Crippen LogP) is 2.19. The lowest BCUT2D eigenvalue weighted by atomic mass is 10.0. The van der Waals surface area contributed by atoms with Crippen molar-refractivity contribution in [1.82, 2.24) is 0 Å². The van der Waals surface area contributed by atoms with Crippen LogP contribution in [0.3, 0.4) is 0 Å². The average Bonchev–Trinajstić information content (AvgIpc) is 2.16. The quantitative estimate of drug-likeness (QED) is 0.596. The van der Waals surface area contributed by atoms with E-state index in [1.807, 2.05) is 0 Å². The largest absolute Gasteiger partial charge is 0.483 e. The zero-order valence-electron chi connectivity index (χ0n) is 9.32. The van der Waals surface area contributed by atoms with Gasteiger partial charge in [0.25, 0.3) is 16.6 Å². The van der Waals surface area contributed by atoms with Gasteiger partial charge in [0.05, 0.1) is 4.90 Å². The van der Waals surface area contributed by atoms with Gasteiger partial charge in [-0.2, -0.15) is 8.42 Å². The number of carbonyl (C=O) groups is 1. The van der Waals surface area contributed by atoms with Crippen LogP contribution in [0.5, 0.6) is 0 Å². The van der Waals surface area contributed by atoms with E-state index in [0.29, 0.717) is 0 Å². The van der Waals surface area contributed by atoms with Gasteiger partial charge in [-0.3, -0.25) is 9.35 Å². The summed E-state index contributed by atoms with van der Waals surface area (Å²) in [6, 6.07) is 7.42. The third kappa shape index (κ3) is 8.41. The third-order valence-corrected chi connectivity index (χ3v) is 2.91. The van der Waals surface area contributed by atoms with Crippen molar-refractivity contribution in [2.45, 2.75) is 30.6 Å². The fraction of sp³-hybridized carbons (Fsp3) is 0.364. The topological polar surface area (TPSA) is 91.7 Å². The Morgan fingerprint density at radius 1 is 1.00 bits per heavy atom. The second-order valence-electron chi connectivity index (χ2n) is 3.31. The normalized spacial score (nSPS) is 13.0. The Bertz CT molecular complexity index is 391. The third-order valence-electron chi connectivity index (χ3n) is 2.04. The molecule has 2 rings (SSSR count). The van der Waals surface area contributed by atoms with E-state index in [2.05, 4.69) is 0 Å². The molecule has 0 aliphatic heterocycles. The second-order valence-corrected chi connectivity index (χ2v) is 4.73. The lowest BCUT2D eigenvalue weighted by Crippen LogP contribution is -1.96. The molecule has 0 unspecified atom stereocenters. The maximum atomic E-state index is 10.4. The Morgan fingerprint density at radius 3 is 1.53 bits per heavy atom. The Balaban J connectivity index is 0.000000301. The van der Waals surface area contributed by atoms with Crippen molar-refractivity contribution < 1.29 is 22.9 Å². The summed E-state index contributed by atoms with van der Waals surface area (Å²) < 4.78 is 29.2. The molecule has 0 bridgehead atoms. The summed E-state index contributed by atoms with van der Waals surface area (Å²) in [7, 11) is -4.00. The SMILES string of the molecule is C1CCC1.O=CO.O=S(=O)(O)c1ccccc1. The van der Waals surface area contributed by atoms with Crippen LogP contribution in [0.2, 0.25) is 0 Å². The molecule has 0 atom stereocenters. The van der Waals surface area contributed by atoms with Gasteiger partial charge in [-0.15, -0.1) is 0 Å². The fourth-order valence-electron chi connectivity index (χ4n) is 0.842. The molecule has 5 nitrogen and oxygen atoms in total. The van der Waals surface area contributed by atoms with Gasteiger partial charge in [0, 0.05) is 0 Å². The molecular formula is C11H16O5S. The molecule has 2 N–H and O–H groups in total. The fourth-order valence-corrected chi connectivity index (χ4v) is 1.34. The molecule has 0 amide bonds. The minimum Gasteiger partial charge on any atom is -0.483 e. The van der Waals surface area contributed by atoms with E-state index in [1.54, 1.807) is 18.2 Å². The van der Waals surface area contributed by atoms with Crippen molar-refractivity contribution >= 4 is 16.6 Å². The number of benzene rings is 1. The molecule has 1 fully saturated rings. The summed E-state index contributed by atoms with van der Waals surface area (Å²) in [4.78, 5) is 8.29. The molecule has 1 aromatic rings. The van der Waals surface area contributed by atoms with Gasteiger partial charge in [-0.25, -0.2) is 0 Å². The first-order chi connectivity index (χ1) is 8.02. The van der Waals surface area contributed by atoms with Crippen LogP contribution in [-0.4, -0.2) is 24.5 Å². The Hall–Kier alpha value is -1.40. The second kappa shape index (κ2) is 8.72. The first-order valence-electron chi connectivity index (χ1n) is 5.12. The van der Waals surface area contributed by atoms with Gasteiger partial charge in [0.2, 0.25) is 0 Å². The highest BCUT2D eigenvalue weighted by Crippen LogP contribution is 2.15. The molecule has 0 saturated heterocycles. The lowest BCUT2D eigenvalue weighted by Gasteiger charge is -2.05. The molecule has 1 aliphatic rings. The molecular weight excluding hydrogens is 244 g/mol. The molecule has 0 radical (unpaired) electrons. The predicted molar refractivity (Wildman–Crippen MR) is 63.4 cm³/mol. The number of hydrogen-bond acceptors (Lipinski definition) is 3. The van der Waals surface area contributed by atoms with E-state index in [0.717, 1.165) is 0 Å². The van der Waals surface area contributed by atoms with Crippen LogP contribution < -0.4 is 0 Å². The molecule has 0 spiro atoms.